The molecule has 2 heterocycles. The summed E-state index contributed by atoms with van der Waals surface area (Å²) in [7, 11) is 0. The van der Waals surface area contributed by atoms with E-state index in [4.69, 9.17) is 9.47 Å². The Labute approximate surface area is 146 Å². The molecule has 1 saturated heterocycles. The van der Waals surface area contributed by atoms with Gasteiger partial charge >= 0.3 is 0 Å². The van der Waals surface area contributed by atoms with E-state index in [1.807, 2.05) is 13.8 Å². The molecule has 24 heavy (non-hydrogen) atoms. The minimum Gasteiger partial charge on any atom is -0.376 e. The first kappa shape index (κ1) is 17.1. The molecule has 0 bridgehead atoms. The zero-order valence-electron chi connectivity index (χ0n) is 14.2. The summed E-state index contributed by atoms with van der Waals surface area (Å²) in [6, 6.07) is 8.20. The van der Waals surface area contributed by atoms with Crippen molar-refractivity contribution in [3.63, 3.8) is 0 Å². The van der Waals surface area contributed by atoms with Gasteiger partial charge in [0.05, 0.1) is 36.4 Å². The molecule has 128 valence electrons. The van der Waals surface area contributed by atoms with E-state index in [2.05, 4.69) is 41.5 Å². The van der Waals surface area contributed by atoms with Crippen molar-refractivity contribution in [2.75, 3.05) is 19.8 Å². The van der Waals surface area contributed by atoms with Gasteiger partial charge in [-0.15, -0.1) is 11.3 Å². The van der Waals surface area contributed by atoms with Crippen LogP contribution < -0.4 is 5.32 Å². The highest BCUT2D eigenvalue weighted by atomic mass is 32.1. The number of carbonyl (C=O) groups excluding carboxylic acids is 1. The van der Waals surface area contributed by atoms with Crippen LogP contribution in [0, 0.1) is 13.8 Å². The van der Waals surface area contributed by atoms with Crippen LogP contribution in [0.2, 0.25) is 0 Å². The molecule has 6 heteroatoms. The summed E-state index contributed by atoms with van der Waals surface area (Å²) in [6.07, 6.45) is -0.522. The van der Waals surface area contributed by atoms with Crippen LogP contribution in [-0.4, -0.2) is 36.8 Å². The zero-order valence-corrected chi connectivity index (χ0v) is 15.0. The number of thiazole rings is 1. The molecule has 5 nitrogen and oxygen atoms in total. The van der Waals surface area contributed by atoms with E-state index in [0.29, 0.717) is 19.8 Å². The molecule has 1 aromatic heterocycles. The standard InChI is InChI=1S/C18H22N2O3S/c1-11-4-6-14(7-5-11)18-20-13(3)16(24-18)12(2)19-17(21)15-10-22-8-9-23-15/h4-7,12,15H,8-10H2,1-3H3,(H,19,21). The third-order valence-corrected chi connectivity index (χ3v) is 5.38. The van der Waals surface area contributed by atoms with Crippen LogP contribution in [0.1, 0.15) is 29.1 Å². The Morgan fingerprint density at radius 1 is 1.29 bits per heavy atom. The zero-order chi connectivity index (χ0) is 17.1. The molecular formula is C18H22N2O3S. The third kappa shape index (κ3) is 3.83. The summed E-state index contributed by atoms with van der Waals surface area (Å²) in [5, 5.41) is 3.98. The number of rotatable bonds is 4. The lowest BCUT2D eigenvalue weighted by Crippen LogP contribution is -2.43. The monoisotopic (exact) mass is 346 g/mol. The average Bonchev–Trinajstić information content (AvgIpc) is 2.98. The average molecular weight is 346 g/mol. The van der Waals surface area contributed by atoms with Crippen LogP contribution in [-0.2, 0) is 14.3 Å². The lowest BCUT2D eigenvalue weighted by atomic mass is 10.2. The minimum atomic E-state index is -0.522. The number of ether oxygens (including phenoxy) is 2. The molecule has 2 aromatic rings. The van der Waals surface area contributed by atoms with Gasteiger partial charge in [0.2, 0.25) is 0 Å². The van der Waals surface area contributed by atoms with Crippen LogP contribution in [0.25, 0.3) is 10.6 Å². The normalized spacial score (nSPS) is 19.0. The lowest BCUT2D eigenvalue weighted by Gasteiger charge is -2.23. The van der Waals surface area contributed by atoms with Gasteiger partial charge in [-0.05, 0) is 20.8 Å². The van der Waals surface area contributed by atoms with Crippen molar-refractivity contribution in [3.05, 3.63) is 40.4 Å². The van der Waals surface area contributed by atoms with Crippen LogP contribution >= 0.6 is 11.3 Å². The predicted molar refractivity (Wildman–Crippen MR) is 94.1 cm³/mol. The van der Waals surface area contributed by atoms with E-state index in [0.717, 1.165) is 21.1 Å². The van der Waals surface area contributed by atoms with Gasteiger partial charge in [-0.25, -0.2) is 4.98 Å². The molecule has 3 rings (SSSR count). The number of nitrogens with zero attached hydrogens (tertiary/aromatic N) is 1. The van der Waals surface area contributed by atoms with Crippen LogP contribution in [0.3, 0.4) is 0 Å². The van der Waals surface area contributed by atoms with Crippen LogP contribution in [0.5, 0.6) is 0 Å². The number of carbonyl (C=O) groups is 1. The molecule has 0 radical (unpaired) electrons. The molecule has 1 aliphatic heterocycles. The van der Waals surface area contributed by atoms with Crippen LogP contribution in [0.15, 0.2) is 24.3 Å². The highest BCUT2D eigenvalue weighted by Gasteiger charge is 2.25. The Morgan fingerprint density at radius 2 is 2.04 bits per heavy atom. The molecule has 1 N–H and O–H groups in total. The summed E-state index contributed by atoms with van der Waals surface area (Å²) in [4.78, 5) is 18.0. The quantitative estimate of drug-likeness (QED) is 0.924. The number of hydrogen-bond donors (Lipinski definition) is 1. The number of hydrogen-bond acceptors (Lipinski definition) is 5. The Kier molecular flexibility index (Phi) is 5.28. The number of nitrogens with one attached hydrogen (secondary N) is 1. The van der Waals surface area contributed by atoms with Gasteiger partial charge in [0, 0.05) is 5.56 Å². The molecule has 0 spiro atoms. The largest absolute Gasteiger partial charge is 0.376 e. The molecule has 0 aliphatic carbocycles. The Bertz CT molecular complexity index is 706. The fraction of sp³-hybridized carbons (Fsp3) is 0.444. The van der Waals surface area contributed by atoms with Gasteiger partial charge in [-0.2, -0.15) is 0 Å². The number of aromatic nitrogens is 1. The van der Waals surface area contributed by atoms with Crippen molar-refractivity contribution in [1.29, 1.82) is 0 Å². The van der Waals surface area contributed by atoms with E-state index in [1.54, 1.807) is 11.3 Å². The summed E-state index contributed by atoms with van der Waals surface area (Å²) in [6.45, 7) is 7.34. The smallest absolute Gasteiger partial charge is 0.252 e. The number of aryl methyl sites for hydroxylation is 2. The van der Waals surface area contributed by atoms with E-state index in [-0.39, 0.29) is 11.9 Å². The van der Waals surface area contributed by atoms with Crippen molar-refractivity contribution < 1.29 is 14.3 Å². The van der Waals surface area contributed by atoms with Gasteiger partial charge in [-0.3, -0.25) is 4.79 Å². The van der Waals surface area contributed by atoms with Crippen molar-refractivity contribution in [1.82, 2.24) is 10.3 Å². The van der Waals surface area contributed by atoms with Gasteiger partial charge in [0.25, 0.3) is 5.91 Å². The van der Waals surface area contributed by atoms with Gasteiger partial charge < -0.3 is 14.8 Å². The first-order chi connectivity index (χ1) is 11.5. The molecule has 0 saturated carbocycles. The molecule has 2 unspecified atom stereocenters. The third-order valence-electron chi connectivity index (χ3n) is 3.99. The maximum atomic E-state index is 12.3. The second-order valence-corrected chi connectivity index (χ2v) is 7.03. The maximum Gasteiger partial charge on any atom is 0.252 e. The Balaban J connectivity index is 1.71. The fourth-order valence-corrected chi connectivity index (χ4v) is 3.71. The lowest BCUT2D eigenvalue weighted by molar-refractivity contribution is -0.148. The van der Waals surface area contributed by atoms with E-state index in [1.165, 1.54) is 5.56 Å². The van der Waals surface area contributed by atoms with Crippen molar-refractivity contribution in [3.8, 4) is 10.6 Å². The second kappa shape index (κ2) is 7.42. The van der Waals surface area contributed by atoms with Crippen LogP contribution in [0.4, 0.5) is 0 Å². The molecule has 1 aliphatic rings. The van der Waals surface area contributed by atoms with Gasteiger partial charge in [0.1, 0.15) is 5.01 Å². The van der Waals surface area contributed by atoms with E-state index >= 15 is 0 Å². The highest BCUT2D eigenvalue weighted by molar-refractivity contribution is 7.15. The highest BCUT2D eigenvalue weighted by Crippen LogP contribution is 2.32. The summed E-state index contributed by atoms with van der Waals surface area (Å²) in [5.41, 5.74) is 3.27. The van der Waals surface area contributed by atoms with Crippen molar-refractivity contribution in [2.24, 2.45) is 0 Å². The van der Waals surface area contributed by atoms with E-state index < -0.39 is 6.10 Å². The predicted octanol–water partition coefficient (Wildman–Crippen LogP) is 3.02. The Hall–Kier alpha value is -1.76. The second-order valence-electron chi connectivity index (χ2n) is 6.00. The summed E-state index contributed by atoms with van der Waals surface area (Å²) in [5.74, 6) is -0.133. The first-order valence-electron chi connectivity index (χ1n) is 8.08. The molecule has 1 amide bonds. The summed E-state index contributed by atoms with van der Waals surface area (Å²) < 4.78 is 10.7. The first-order valence-corrected chi connectivity index (χ1v) is 8.90. The summed E-state index contributed by atoms with van der Waals surface area (Å²) >= 11 is 1.62. The van der Waals surface area contributed by atoms with Gasteiger partial charge in [0.15, 0.2) is 6.10 Å². The molecule has 1 fully saturated rings. The number of benzene rings is 1. The fourth-order valence-electron chi connectivity index (χ4n) is 2.64. The SMILES string of the molecule is Cc1ccc(-c2nc(C)c(C(C)NC(=O)C3COCCO3)s2)cc1. The van der Waals surface area contributed by atoms with Gasteiger partial charge in [-0.1, -0.05) is 29.8 Å². The molecular weight excluding hydrogens is 324 g/mol. The van der Waals surface area contributed by atoms with Crippen molar-refractivity contribution in [2.45, 2.75) is 32.9 Å². The Morgan fingerprint density at radius 3 is 2.71 bits per heavy atom. The molecule has 1 aromatic carbocycles. The topological polar surface area (TPSA) is 60.5 Å². The van der Waals surface area contributed by atoms with Crippen molar-refractivity contribution >= 4 is 17.2 Å². The molecule has 2 atom stereocenters. The van der Waals surface area contributed by atoms with E-state index in [9.17, 15) is 4.79 Å². The maximum absolute atomic E-state index is 12.3. The minimum absolute atomic E-state index is 0.111. The number of amides is 1.